The third-order valence-electron chi connectivity index (χ3n) is 0.827. The van der Waals surface area contributed by atoms with E-state index in [0.717, 1.165) is 0 Å². The van der Waals surface area contributed by atoms with Gasteiger partial charge in [0.25, 0.3) is 0 Å². The maximum absolute atomic E-state index is 10.00. The van der Waals surface area contributed by atoms with Gasteiger partial charge in [0.2, 0.25) is 0 Å². The maximum atomic E-state index is 10.00. The smallest absolute Gasteiger partial charge is 0.424 e. The zero-order valence-electron chi connectivity index (χ0n) is 4.03. The molecule has 0 radical (unpaired) electrons. The molecule has 0 aliphatic carbocycles. The molecule has 8 heavy (non-hydrogen) atoms. The highest BCUT2D eigenvalue weighted by molar-refractivity contribution is 8.08. The first kappa shape index (κ1) is 6.22. The summed E-state index contributed by atoms with van der Waals surface area (Å²) >= 11 is 0. The van der Waals surface area contributed by atoms with Crippen LogP contribution in [-0.4, -0.2) is 21.6 Å². The van der Waals surface area contributed by atoms with E-state index in [1.807, 2.05) is 0 Å². The summed E-state index contributed by atoms with van der Waals surface area (Å²) in [5.74, 6) is 0. The van der Waals surface area contributed by atoms with Crippen LogP contribution in [0.1, 0.15) is 0 Å². The highest BCUT2D eigenvalue weighted by atomic mass is 32.2. The molecule has 1 heterocycles. The van der Waals surface area contributed by atoms with Gasteiger partial charge in [-0.3, -0.25) is 13.9 Å². The summed E-state index contributed by atoms with van der Waals surface area (Å²) in [5, 5.41) is 0. The third-order valence-corrected chi connectivity index (χ3v) is 1.57. The number of hydrogen-bond donors (Lipinski definition) is 0. The SMILES string of the molecule is O=S([O-])B1CCOO1. The quantitative estimate of drug-likeness (QED) is 0.271. The molecule has 1 atom stereocenters. The van der Waals surface area contributed by atoms with Gasteiger partial charge in [0, 0.05) is 0 Å². The normalized spacial score (nSPS) is 23.9. The van der Waals surface area contributed by atoms with Crippen LogP contribution in [0.4, 0.5) is 0 Å². The highest BCUT2D eigenvalue weighted by Crippen LogP contribution is 2.07. The van der Waals surface area contributed by atoms with Crippen molar-refractivity contribution in [2.24, 2.45) is 0 Å². The van der Waals surface area contributed by atoms with Crippen LogP contribution < -0.4 is 0 Å². The van der Waals surface area contributed by atoms with Gasteiger partial charge in [0.15, 0.2) is 0 Å². The van der Waals surface area contributed by atoms with E-state index in [1.165, 1.54) is 0 Å². The lowest BCUT2D eigenvalue weighted by Crippen LogP contribution is -2.17. The van der Waals surface area contributed by atoms with E-state index in [0.29, 0.717) is 12.9 Å². The molecule has 0 bridgehead atoms. The summed E-state index contributed by atoms with van der Waals surface area (Å²) in [6.45, 7) is 0.374. The van der Waals surface area contributed by atoms with E-state index in [-0.39, 0.29) is 0 Å². The van der Waals surface area contributed by atoms with Crippen LogP contribution in [0.5, 0.6) is 0 Å². The summed E-state index contributed by atoms with van der Waals surface area (Å²) in [6.07, 6.45) is -0.300. The van der Waals surface area contributed by atoms with Crippen LogP contribution >= 0.6 is 0 Å². The van der Waals surface area contributed by atoms with Crippen molar-refractivity contribution in [3.05, 3.63) is 0 Å². The molecule has 1 unspecified atom stereocenters. The Hall–Kier alpha value is 0.0949. The topological polar surface area (TPSA) is 58.6 Å². The minimum atomic E-state index is -2.14. The Morgan fingerprint density at radius 1 is 1.75 bits per heavy atom. The summed E-state index contributed by atoms with van der Waals surface area (Å²) in [5.41, 5.74) is 0. The minimum Gasteiger partial charge on any atom is -0.779 e. The lowest BCUT2D eigenvalue weighted by Gasteiger charge is -2.03. The third kappa shape index (κ3) is 1.29. The Labute approximate surface area is 49.4 Å². The van der Waals surface area contributed by atoms with Gasteiger partial charge >= 0.3 is 6.19 Å². The molecule has 1 fully saturated rings. The van der Waals surface area contributed by atoms with Crippen molar-refractivity contribution >= 4 is 17.1 Å². The van der Waals surface area contributed by atoms with Crippen LogP contribution in [0, 0.1) is 0 Å². The van der Waals surface area contributed by atoms with Crippen LogP contribution in [0.25, 0.3) is 0 Å². The van der Waals surface area contributed by atoms with E-state index in [9.17, 15) is 8.76 Å². The van der Waals surface area contributed by atoms with Crippen LogP contribution in [0.3, 0.4) is 0 Å². The van der Waals surface area contributed by atoms with Gasteiger partial charge in [-0.2, -0.15) is 0 Å². The molecule has 0 aromatic heterocycles. The monoisotopic (exact) mass is 135 g/mol. The lowest BCUT2D eigenvalue weighted by atomic mass is 9.96. The van der Waals surface area contributed by atoms with Crippen molar-refractivity contribution in [2.45, 2.75) is 6.32 Å². The van der Waals surface area contributed by atoms with Crippen LogP contribution in [0.15, 0.2) is 0 Å². The largest absolute Gasteiger partial charge is 0.779 e. The number of rotatable bonds is 1. The van der Waals surface area contributed by atoms with Crippen LogP contribution in [-0.2, 0) is 20.6 Å². The zero-order valence-corrected chi connectivity index (χ0v) is 4.85. The maximum Gasteiger partial charge on any atom is 0.424 e. The van der Waals surface area contributed by atoms with E-state index >= 15 is 0 Å². The summed E-state index contributed by atoms with van der Waals surface area (Å²) < 4.78 is 20.0. The molecular formula is C2H4BO4S-. The fourth-order valence-corrected chi connectivity index (χ4v) is 0.853. The summed E-state index contributed by atoms with van der Waals surface area (Å²) in [6, 6.07) is 0. The van der Waals surface area contributed by atoms with Crippen LogP contribution in [0.2, 0.25) is 6.32 Å². The Bertz CT molecular complexity index is 100. The molecular weight excluding hydrogens is 131 g/mol. The standard InChI is InChI=1S/C2H5BO4S/c4-8(5)3-1-2-6-7-3/h1-2H2,(H,4,5)/p-1. The van der Waals surface area contributed by atoms with Gasteiger partial charge < -0.3 is 4.55 Å². The van der Waals surface area contributed by atoms with Crippen molar-refractivity contribution in [3.8, 4) is 0 Å². The van der Waals surface area contributed by atoms with Crippen molar-refractivity contribution in [2.75, 3.05) is 6.61 Å². The number of hydrogen-bond acceptors (Lipinski definition) is 4. The fraction of sp³-hybridized carbons (Fsp3) is 1.00. The van der Waals surface area contributed by atoms with Crippen molar-refractivity contribution < 1.29 is 18.5 Å². The van der Waals surface area contributed by atoms with Gasteiger partial charge in [-0.05, 0) is 6.32 Å². The first-order chi connectivity index (χ1) is 3.80. The predicted octanol–water partition coefficient (Wildman–Crippen LogP) is -0.684. The Kier molecular flexibility index (Phi) is 2.01. The first-order valence-corrected chi connectivity index (χ1v) is 3.31. The molecule has 1 aliphatic rings. The van der Waals surface area contributed by atoms with E-state index in [2.05, 4.69) is 9.69 Å². The van der Waals surface area contributed by atoms with E-state index in [1.54, 1.807) is 0 Å². The molecule has 4 nitrogen and oxygen atoms in total. The lowest BCUT2D eigenvalue weighted by molar-refractivity contribution is -0.183. The molecule has 0 aromatic carbocycles. The fourth-order valence-electron chi connectivity index (χ4n) is 0.445. The minimum absolute atomic E-state index is 0.374. The van der Waals surface area contributed by atoms with Gasteiger partial charge in [-0.25, -0.2) is 0 Å². The Morgan fingerprint density at radius 3 is 2.75 bits per heavy atom. The molecule has 6 heteroatoms. The van der Waals surface area contributed by atoms with Crippen molar-refractivity contribution in [3.63, 3.8) is 0 Å². The molecule has 0 saturated carbocycles. The average molecular weight is 135 g/mol. The second-order valence-corrected chi connectivity index (χ2v) is 2.44. The molecule has 0 aromatic rings. The van der Waals surface area contributed by atoms with Gasteiger partial charge in [-0.1, -0.05) is 10.9 Å². The Balaban J connectivity index is 2.35. The highest BCUT2D eigenvalue weighted by Gasteiger charge is 2.24. The first-order valence-electron chi connectivity index (χ1n) is 2.17. The second-order valence-electron chi connectivity index (χ2n) is 1.40. The Morgan fingerprint density at radius 2 is 2.50 bits per heavy atom. The second kappa shape index (κ2) is 2.59. The molecule has 1 aliphatic heterocycles. The van der Waals surface area contributed by atoms with Gasteiger partial charge in [0.1, 0.15) is 0 Å². The van der Waals surface area contributed by atoms with E-state index < -0.39 is 17.1 Å². The van der Waals surface area contributed by atoms with Crippen molar-refractivity contribution in [1.29, 1.82) is 0 Å². The molecule has 46 valence electrons. The summed E-state index contributed by atoms with van der Waals surface area (Å²) in [4.78, 5) is 8.63. The van der Waals surface area contributed by atoms with Gasteiger partial charge in [-0.15, -0.1) is 0 Å². The molecule has 1 rings (SSSR count). The molecule has 1 saturated heterocycles. The average Bonchev–Trinajstić information content (AvgIpc) is 2.12. The summed E-state index contributed by atoms with van der Waals surface area (Å²) in [7, 11) is -2.14. The van der Waals surface area contributed by atoms with Gasteiger partial charge in [0.05, 0.1) is 6.61 Å². The van der Waals surface area contributed by atoms with E-state index in [4.69, 9.17) is 0 Å². The van der Waals surface area contributed by atoms with Crippen molar-refractivity contribution in [1.82, 2.24) is 0 Å². The molecule has 0 spiro atoms. The molecule has 0 amide bonds. The predicted molar refractivity (Wildman–Crippen MR) is 26.5 cm³/mol. The molecule has 0 N–H and O–H groups in total. The zero-order chi connectivity index (χ0) is 5.98.